The van der Waals surface area contributed by atoms with E-state index in [1.807, 2.05) is 0 Å². The Hall–Kier alpha value is -1.02. The van der Waals surface area contributed by atoms with Crippen LogP contribution in [0.3, 0.4) is 0 Å². The Bertz CT molecular complexity index is 373. The molecule has 0 heterocycles. The molecular weight excluding hydrogens is 280 g/mol. The zero-order chi connectivity index (χ0) is 16.8. The van der Waals surface area contributed by atoms with E-state index in [4.69, 9.17) is 0 Å². The van der Waals surface area contributed by atoms with Crippen molar-refractivity contribution in [3.8, 4) is 0 Å². The average Bonchev–Trinajstić information content (AvgIpc) is 2.53. The van der Waals surface area contributed by atoms with E-state index in [0.717, 1.165) is 4.59 Å². The third kappa shape index (κ3) is 11.2. The molecule has 0 saturated heterocycles. The summed E-state index contributed by atoms with van der Waals surface area (Å²) in [5, 5.41) is 0. The van der Waals surface area contributed by atoms with Crippen molar-refractivity contribution in [1.82, 2.24) is 0 Å². The van der Waals surface area contributed by atoms with Gasteiger partial charge < -0.3 is 0 Å². The lowest BCUT2D eigenvalue weighted by molar-refractivity contribution is -0.868. The maximum atomic E-state index is 3.59. The van der Waals surface area contributed by atoms with Crippen LogP contribution in [0.25, 0.3) is 0 Å². The summed E-state index contributed by atoms with van der Waals surface area (Å²) in [5.41, 5.74) is 4.80. The molecule has 0 saturated carbocycles. The van der Waals surface area contributed by atoms with Gasteiger partial charge in [0.25, 0.3) is 0 Å². The lowest BCUT2D eigenvalue weighted by atomic mass is 10.1. The number of benzene rings is 1. The minimum atomic E-state index is 0.863. The fraction of sp³-hybridized carbons (Fsp3) is 0.714. The number of unbranched alkanes of at least 4 members (excludes halogenated alkanes) is 10. The van der Waals surface area contributed by atoms with E-state index in [9.17, 15) is 0 Å². The summed E-state index contributed by atoms with van der Waals surface area (Å²) in [6, 6.07) is 10.5. The standard InChI is InChI=1S/C21H39N2/c1-4-5-6-7-8-9-10-11-12-13-17-20-23(2,3)22-21-18-15-14-16-19-21/h14-16,18-19,22H,4-13,17,20H2,1-3H3/q+1. The topological polar surface area (TPSA) is 12.0 Å². The number of hydrogen-bond acceptors (Lipinski definition) is 1. The second-order valence-corrected chi connectivity index (χ2v) is 7.42. The van der Waals surface area contributed by atoms with Gasteiger partial charge in [0.15, 0.2) is 0 Å². The van der Waals surface area contributed by atoms with Crippen molar-refractivity contribution in [2.75, 3.05) is 26.1 Å². The van der Waals surface area contributed by atoms with Crippen LogP contribution in [0, 0.1) is 0 Å². The largest absolute Gasteiger partial charge is 0.237 e. The first-order valence-corrected chi connectivity index (χ1v) is 9.80. The molecule has 23 heavy (non-hydrogen) atoms. The summed E-state index contributed by atoms with van der Waals surface area (Å²) < 4.78 is 0.863. The van der Waals surface area contributed by atoms with Gasteiger partial charge in [-0.25, -0.2) is 10.0 Å². The first-order valence-electron chi connectivity index (χ1n) is 9.80. The van der Waals surface area contributed by atoms with Crippen LogP contribution in [0.1, 0.15) is 77.6 Å². The van der Waals surface area contributed by atoms with Gasteiger partial charge in [-0.15, -0.1) is 0 Å². The fourth-order valence-electron chi connectivity index (χ4n) is 3.09. The van der Waals surface area contributed by atoms with Crippen LogP contribution in [0.2, 0.25) is 0 Å². The van der Waals surface area contributed by atoms with Gasteiger partial charge in [-0.1, -0.05) is 82.9 Å². The highest BCUT2D eigenvalue weighted by atomic mass is 15.6. The molecule has 0 amide bonds. The summed E-state index contributed by atoms with van der Waals surface area (Å²) >= 11 is 0. The summed E-state index contributed by atoms with van der Waals surface area (Å²) in [4.78, 5) is 0. The first kappa shape index (κ1) is 20.0. The zero-order valence-electron chi connectivity index (χ0n) is 15.8. The number of para-hydroxylation sites is 1. The number of rotatable bonds is 14. The van der Waals surface area contributed by atoms with Crippen LogP contribution < -0.4 is 5.43 Å². The predicted molar refractivity (Wildman–Crippen MR) is 104 cm³/mol. The molecule has 1 N–H and O–H groups in total. The van der Waals surface area contributed by atoms with Crippen LogP contribution in [0.15, 0.2) is 30.3 Å². The first-order chi connectivity index (χ1) is 11.1. The molecule has 0 aliphatic rings. The van der Waals surface area contributed by atoms with Gasteiger partial charge >= 0.3 is 0 Å². The molecule has 0 radical (unpaired) electrons. The summed E-state index contributed by atoms with van der Waals surface area (Å²) in [7, 11) is 4.51. The highest BCUT2D eigenvalue weighted by Crippen LogP contribution is 2.14. The molecule has 0 spiro atoms. The number of hydrogen-bond donors (Lipinski definition) is 1. The quantitative estimate of drug-likeness (QED) is 0.238. The van der Waals surface area contributed by atoms with Gasteiger partial charge in [-0.3, -0.25) is 0 Å². The van der Waals surface area contributed by atoms with Gasteiger partial charge in [-0.05, 0) is 25.0 Å². The van der Waals surface area contributed by atoms with Gasteiger partial charge in [0.2, 0.25) is 0 Å². The molecule has 132 valence electrons. The molecule has 0 aliphatic heterocycles. The Morgan fingerprint density at radius 3 is 1.70 bits per heavy atom. The second-order valence-electron chi connectivity index (χ2n) is 7.42. The van der Waals surface area contributed by atoms with Crippen molar-refractivity contribution in [2.45, 2.75) is 77.6 Å². The van der Waals surface area contributed by atoms with Gasteiger partial charge in [-0.2, -0.15) is 0 Å². The van der Waals surface area contributed by atoms with Gasteiger partial charge in [0, 0.05) is 0 Å². The van der Waals surface area contributed by atoms with Crippen LogP contribution in [-0.2, 0) is 0 Å². The number of quaternary nitrogens is 1. The Morgan fingerprint density at radius 2 is 1.17 bits per heavy atom. The van der Waals surface area contributed by atoms with Gasteiger partial charge in [0.1, 0.15) is 6.54 Å². The highest BCUT2D eigenvalue weighted by molar-refractivity contribution is 5.39. The maximum Gasteiger partial charge on any atom is 0.101 e. The third-order valence-corrected chi connectivity index (χ3v) is 4.53. The van der Waals surface area contributed by atoms with E-state index in [-0.39, 0.29) is 0 Å². The predicted octanol–water partition coefficient (Wildman–Crippen LogP) is 6.40. The van der Waals surface area contributed by atoms with Crippen LogP contribution >= 0.6 is 0 Å². The van der Waals surface area contributed by atoms with Crippen molar-refractivity contribution >= 4 is 5.69 Å². The molecule has 0 aliphatic carbocycles. The zero-order valence-corrected chi connectivity index (χ0v) is 15.8. The van der Waals surface area contributed by atoms with E-state index < -0.39 is 0 Å². The monoisotopic (exact) mass is 319 g/mol. The highest BCUT2D eigenvalue weighted by Gasteiger charge is 2.14. The molecule has 0 unspecified atom stereocenters. The minimum absolute atomic E-state index is 0.863. The van der Waals surface area contributed by atoms with Crippen molar-refractivity contribution in [3.05, 3.63) is 30.3 Å². The van der Waals surface area contributed by atoms with E-state index in [0.29, 0.717) is 0 Å². The Morgan fingerprint density at radius 1 is 0.696 bits per heavy atom. The molecule has 2 heteroatoms. The number of nitrogens with one attached hydrogen (secondary N) is 1. The molecule has 0 bridgehead atoms. The molecule has 1 aromatic carbocycles. The summed E-state index contributed by atoms with van der Waals surface area (Å²) in [5.74, 6) is 0. The molecule has 0 fully saturated rings. The smallest absolute Gasteiger partial charge is 0.101 e. The normalized spacial score (nSPS) is 11.6. The SMILES string of the molecule is CCCCCCCCCCCCC[N+](C)(C)Nc1ccccc1. The van der Waals surface area contributed by atoms with Crippen molar-refractivity contribution < 1.29 is 4.59 Å². The maximum absolute atomic E-state index is 3.59. The lowest BCUT2D eigenvalue weighted by Gasteiger charge is -2.30. The van der Waals surface area contributed by atoms with E-state index in [1.54, 1.807) is 0 Å². The lowest BCUT2D eigenvalue weighted by Crippen LogP contribution is -2.45. The Kier molecular flexibility index (Phi) is 10.8. The minimum Gasteiger partial charge on any atom is -0.237 e. The summed E-state index contributed by atoms with van der Waals surface area (Å²) in [6.07, 6.45) is 15.5. The van der Waals surface area contributed by atoms with E-state index >= 15 is 0 Å². The van der Waals surface area contributed by atoms with Crippen molar-refractivity contribution in [1.29, 1.82) is 0 Å². The molecule has 2 nitrogen and oxygen atoms in total. The van der Waals surface area contributed by atoms with E-state index in [2.05, 4.69) is 56.8 Å². The second kappa shape index (κ2) is 12.4. The summed E-state index contributed by atoms with van der Waals surface area (Å²) in [6.45, 7) is 3.47. The molecule has 0 atom stereocenters. The van der Waals surface area contributed by atoms with Crippen molar-refractivity contribution in [2.24, 2.45) is 0 Å². The van der Waals surface area contributed by atoms with E-state index in [1.165, 1.54) is 82.9 Å². The van der Waals surface area contributed by atoms with Crippen molar-refractivity contribution in [3.63, 3.8) is 0 Å². The third-order valence-electron chi connectivity index (χ3n) is 4.53. The van der Waals surface area contributed by atoms with Gasteiger partial charge in [0.05, 0.1) is 19.8 Å². The molecule has 0 aromatic heterocycles. The number of nitrogens with zero attached hydrogens (tertiary/aromatic N) is 1. The Balaban J connectivity index is 1.95. The van der Waals surface area contributed by atoms with Crippen LogP contribution in [-0.4, -0.2) is 25.2 Å². The fourth-order valence-corrected chi connectivity index (χ4v) is 3.09. The number of anilines is 1. The van der Waals surface area contributed by atoms with Crippen LogP contribution in [0.4, 0.5) is 5.69 Å². The molecular formula is C21H39N2+. The Labute approximate surface area is 144 Å². The molecule has 1 aromatic rings. The van der Waals surface area contributed by atoms with Crippen LogP contribution in [0.5, 0.6) is 0 Å². The average molecular weight is 320 g/mol. The molecule has 1 rings (SSSR count).